The molecule has 1 rings (SSSR count). The van der Waals surface area contributed by atoms with E-state index < -0.39 is 17.7 Å². The first-order valence-corrected chi connectivity index (χ1v) is 9.41. The number of hydrogen-bond donors (Lipinski definition) is 2. The minimum atomic E-state index is -0.918. The first kappa shape index (κ1) is 23.5. The molecular formula is C22H33NO5. The third-order valence-electron chi connectivity index (χ3n) is 3.63. The summed E-state index contributed by atoms with van der Waals surface area (Å²) in [6, 6.07) is 7.29. The van der Waals surface area contributed by atoms with Gasteiger partial charge in [0, 0.05) is 0 Å². The highest BCUT2D eigenvalue weighted by atomic mass is 16.6. The smallest absolute Gasteiger partial charge is 0.408 e. The zero-order valence-corrected chi connectivity index (χ0v) is 18.0. The first-order valence-electron chi connectivity index (χ1n) is 9.41. The van der Waals surface area contributed by atoms with Crippen LogP contribution < -0.4 is 10.1 Å². The quantitative estimate of drug-likeness (QED) is 0.657. The lowest BCUT2D eigenvalue weighted by Crippen LogP contribution is -2.41. The molecule has 0 unspecified atom stereocenters. The lowest BCUT2D eigenvalue weighted by molar-refractivity contribution is -0.136. The Kier molecular flexibility index (Phi) is 8.09. The maximum atomic E-state index is 12.2. The van der Waals surface area contributed by atoms with Gasteiger partial charge in [-0.05, 0) is 72.6 Å². The molecule has 0 saturated heterocycles. The Labute approximate surface area is 167 Å². The van der Waals surface area contributed by atoms with Gasteiger partial charge in [0.05, 0.1) is 12.5 Å². The van der Waals surface area contributed by atoms with Crippen molar-refractivity contribution >= 4 is 12.1 Å². The average molecular weight is 392 g/mol. The van der Waals surface area contributed by atoms with Crippen LogP contribution in [0.3, 0.4) is 0 Å². The molecule has 0 saturated carbocycles. The van der Waals surface area contributed by atoms with Gasteiger partial charge in [-0.1, -0.05) is 23.8 Å². The Bertz CT molecular complexity index is 693. The van der Waals surface area contributed by atoms with Crippen LogP contribution in [0.15, 0.2) is 35.9 Å². The summed E-state index contributed by atoms with van der Waals surface area (Å²) in [5, 5.41) is 11.8. The molecule has 0 aliphatic carbocycles. The van der Waals surface area contributed by atoms with Gasteiger partial charge in [0.25, 0.3) is 0 Å². The highest BCUT2D eigenvalue weighted by molar-refractivity contribution is 5.70. The molecule has 1 aromatic carbocycles. The number of alkyl carbamates (subject to hydrolysis) is 1. The standard InChI is InChI=1S/C22H33NO5/c1-15(8-13-19(24)25)18(23-20(26)28-22(5,6)7)14-16-9-11-17(12-10-16)27-21(2,3)4/h8-12,18H,13-14H2,1-7H3,(H,23,26)(H,24,25)/b15-8+/t18-/m0/s1. The van der Waals surface area contributed by atoms with Crippen molar-refractivity contribution in [1.29, 1.82) is 0 Å². The van der Waals surface area contributed by atoms with Crippen molar-refractivity contribution in [2.75, 3.05) is 0 Å². The van der Waals surface area contributed by atoms with E-state index in [4.69, 9.17) is 14.6 Å². The summed E-state index contributed by atoms with van der Waals surface area (Å²) < 4.78 is 11.2. The number of carbonyl (C=O) groups is 2. The van der Waals surface area contributed by atoms with Crippen molar-refractivity contribution in [2.45, 2.75) is 78.6 Å². The lowest BCUT2D eigenvalue weighted by Gasteiger charge is -2.25. The number of ether oxygens (including phenoxy) is 2. The van der Waals surface area contributed by atoms with Crippen LogP contribution in [-0.2, 0) is 16.0 Å². The second-order valence-electron chi connectivity index (χ2n) is 8.81. The molecule has 0 spiro atoms. The summed E-state index contributed by atoms with van der Waals surface area (Å²) >= 11 is 0. The first-order chi connectivity index (χ1) is 12.7. The molecule has 6 heteroatoms. The summed E-state index contributed by atoms with van der Waals surface area (Å²) in [5.41, 5.74) is 0.867. The number of hydrogen-bond acceptors (Lipinski definition) is 4. The van der Waals surface area contributed by atoms with E-state index in [9.17, 15) is 9.59 Å². The van der Waals surface area contributed by atoms with E-state index in [1.54, 1.807) is 26.8 Å². The Hall–Kier alpha value is -2.50. The number of benzene rings is 1. The van der Waals surface area contributed by atoms with Gasteiger partial charge in [-0.15, -0.1) is 0 Å². The molecule has 0 aliphatic rings. The normalized spacial score (nSPS) is 13.6. The minimum absolute atomic E-state index is 0.101. The van der Waals surface area contributed by atoms with Crippen LogP contribution in [0.2, 0.25) is 0 Å². The number of amides is 1. The van der Waals surface area contributed by atoms with Gasteiger partial charge in [0.2, 0.25) is 0 Å². The van der Waals surface area contributed by atoms with E-state index in [-0.39, 0.29) is 18.1 Å². The molecule has 28 heavy (non-hydrogen) atoms. The van der Waals surface area contributed by atoms with Crippen molar-refractivity contribution in [2.24, 2.45) is 0 Å². The third-order valence-corrected chi connectivity index (χ3v) is 3.63. The summed E-state index contributed by atoms with van der Waals surface area (Å²) in [6.07, 6.45) is 1.49. The molecule has 2 N–H and O–H groups in total. The molecule has 6 nitrogen and oxygen atoms in total. The van der Waals surface area contributed by atoms with E-state index in [0.29, 0.717) is 6.42 Å². The van der Waals surface area contributed by atoms with Crippen molar-refractivity contribution in [1.82, 2.24) is 5.32 Å². The SMILES string of the molecule is C/C(=C\CC(=O)O)[C@H](Cc1ccc(OC(C)(C)C)cc1)NC(=O)OC(C)(C)C. The molecule has 0 fully saturated rings. The van der Waals surface area contributed by atoms with Gasteiger partial charge in [-0.25, -0.2) is 4.79 Å². The number of rotatable bonds is 7. The Balaban J connectivity index is 2.93. The monoisotopic (exact) mass is 391 g/mol. The van der Waals surface area contributed by atoms with Gasteiger partial charge in [0.15, 0.2) is 0 Å². The van der Waals surface area contributed by atoms with Crippen LogP contribution >= 0.6 is 0 Å². The van der Waals surface area contributed by atoms with Crippen molar-refractivity contribution in [3.05, 3.63) is 41.5 Å². The fourth-order valence-corrected chi connectivity index (χ4v) is 2.45. The van der Waals surface area contributed by atoms with Crippen LogP contribution in [0.25, 0.3) is 0 Å². The molecule has 0 bridgehead atoms. The fourth-order valence-electron chi connectivity index (χ4n) is 2.45. The van der Waals surface area contributed by atoms with Crippen LogP contribution in [0.1, 0.15) is 60.5 Å². The Morgan fingerprint density at radius 2 is 1.64 bits per heavy atom. The highest BCUT2D eigenvalue weighted by Gasteiger charge is 2.21. The van der Waals surface area contributed by atoms with Crippen molar-refractivity contribution in [3.8, 4) is 5.75 Å². The fraction of sp³-hybridized carbons (Fsp3) is 0.545. The molecular weight excluding hydrogens is 358 g/mol. The van der Waals surface area contributed by atoms with Crippen LogP contribution in [0.4, 0.5) is 4.79 Å². The number of nitrogens with one attached hydrogen (secondary N) is 1. The number of aliphatic carboxylic acids is 1. The third kappa shape index (κ3) is 10.00. The van der Waals surface area contributed by atoms with Gasteiger partial charge in [-0.3, -0.25) is 4.79 Å². The molecule has 156 valence electrons. The zero-order valence-electron chi connectivity index (χ0n) is 18.0. The largest absolute Gasteiger partial charge is 0.488 e. The van der Waals surface area contributed by atoms with Crippen LogP contribution in [0.5, 0.6) is 5.75 Å². The van der Waals surface area contributed by atoms with Crippen LogP contribution in [0, 0.1) is 0 Å². The second kappa shape index (κ2) is 9.62. The molecule has 0 aliphatic heterocycles. The summed E-state index contributed by atoms with van der Waals surface area (Å²) in [5.74, 6) is -0.148. The van der Waals surface area contributed by atoms with Gasteiger partial charge >= 0.3 is 12.1 Å². The number of carbonyl (C=O) groups excluding carboxylic acids is 1. The van der Waals surface area contributed by atoms with E-state index in [0.717, 1.165) is 16.9 Å². The average Bonchev–Trinajstić information content (AvgIpc) is 2.50. The van der Waals surface area contributed by atoms with Crippen molar-refractivity contribution in [3.63, 3.8) is 0 Å². The molecule has 1 amide bonds. The number of carboxylic acids is 1. The molecule has 1 aromatic rings. The van der Waals surface area contributed by atoms with Gasteiger partial charge in [-0.2, -0.15) is 0 Å². The maximum Gasteiger partial charge on any atom is 0.408 e. The predicted molar refractivity (Wildman–Crippen MR) is 110 cm³/mol. The summed E-state index contributed by atoms with van der Waals surface area (Å²) in [6.45, 7) is 13.1. The van der Waals surface area contributed by atoms with Crippen LogP contribution in [-0.4, -0.2) is 34.4 Å². The zero-order chi connectivity index (χ0) is 21.5. The Morgan fingerprint density at radius 1 is 1.07 bits per heavy atom. The van der Waals surface area contributed by atoms with E-state index in [2.05, 4.69) is 5.32 Å². The van der Waals surface area contributed by atoms with Gasteiger partial charge < -0.3 is 19.9 Å². The van der Waals surface area contributed by atoms with Crippen molar-refractivity contribution < 1.29 is 24.2 Å². The highest BCUT2D eigenvalue weighted by Crippen LogP contribution is 2.20. The molecule has 1 atom stereocenters. The molecule has 0 aromatic heterocycles. The predicted octanol–water partition coefficient (Wildman–Crippen LogP) is 4.72. The lowest BCUT2D eigenvalue weighted by atomic mass is 9.99. The van der Waals surface area contributed by atoms with Gasteiger partial charge in [0.1, 0.15) is 17.0 Å². The number of carboxylic acid groups (broad SMARTS) is 1. The summed E-state index contributed by atoms with van der Waals surface area (Å²) in [7, 11) is 0. The van der Waals surface area contributed by atoms with E-state index in [1.807, 2.05) is 52.0 Å². The molecule has 0 radical (unpaired) electrons. The Morgan fingerprint density at radius 3 is 2.11 bits per heavy atom. The van der Waals surface area contributed by atoms with E-state index >= 15 is 0 Å². The molecule has 0 heterocycles. The minimum Gasteiger partial charge on any atom is -0.488 e. The second-order valence-corrected chi connectivity index (χ2v) is 8.81. The van der Waals surface area contributed by atoms with E-state index in [1.165, 1.54) is 0 Å². The summed E-state index contributed by atoms with van der Waals surface area (Å²) in [4.78, 5) is 23.1. The topological polar surface area (TPSA) is 84.9 Å². The maximum absolute atomic E-state index is 12.2.